The molecule has 3 amide bonds. The summed E-state index contributed by atoms with van der Waals surface area (Å²) in [6.45, 7) is 4.73. The van der Waals surface area contributed by atoms with Gasteiger partial charge in [0.1, 0.15) is 11.6 Å². The summed E-state index contributed by atoms with van der Waals surface area (Å²) in [5, 5.41) is 11.7. The van der Waals surface area contributed by atoms with E-state index in [4.69, 9.17) is 5.73 Å². The van der Waals surface area contributed by atoms with E-state index in [9.17, 15) is 18.8 Å². The molecule has 0 saturated carbocycles. The van der Waals surface area contributed by atoms with Crippen molar-refractivity contribution in [3.8, 4) is 0 Å². The molecule has 4 aromatic rings. The van der Waals surface area contributed by atoms with Crippen molar-refractivity contribution in [3.63, 3.8) is 0 Å². The maximum atomic E-state index is 13.8. The monoisotopic (exact) mass is 581 g/mol. The highest BCUT2D eigenvalue weighted by Gasteiger charge is 2.26. The second-order valence-electron chi connectivity index (χ2n) is 10.2. The third-order valence-corrected chi connectivity index (χ3v) is 7.19. The van der Waals surface area contributed by atoms with E-state index in [0.717, 1.165) is 12.8 Å². The molecule has 1 aliphatic rings. The summed E-state index contributed by atoms with van der Waals surface area (Å²) in [7, 11) is 0. The van der Waals surface area contributed by atoms with E-state index < -0.39 is 5.82 Å². The first-order valence-electron chi connectivity index (χ1n) is 13.9. The molecular formula is C32H32FN7O3. The van der Waals surface area contributed by atoms with Gasteiger partial charge in [-0.15, -0.1) is 0 Å². The first-order valence-corrected chi connectivity index (χ1v) is 13.9. The molecular weight excluding hydrogens is 549 g/mol. The van der Waals surface area contributed by atoms with Crippen LogP contribution >= 0.6 is 0 Å². The lowest BCUT2D eigenvalue weighted by Crippen LogP contribution is -2.25. The maximum Gasteiger partial charge on any atom is 0.257 e. The third kappa shape index (κ3) is 6.56. The Kier molecular flexibility index (Phi) is 8.51. The van der Waals surface area contributed by atoms with E-state index in [-0.39, 0.29) is 17.7 Å². The van der Waals surface area contributed by atoms with Gasteiger partial charge in [0.2, 0.25) is 0 Å². The molecule has 0 atom stereocenters. The number of fused-ring (bicyclic) bond motifs is 1. The number of pyridine rings is 1. The first kappa shape index (κ1) is 29.1. The molecule has 0 saturated heterocycles. The number of nitrogens with one attached hydrogen (secondary N) is 5. The summed E-state index contributed by atoms with van der Waals surface area (Å²) in [6.07, 6.45) is 4.67. The van der Waals surface area contributed by atoms with Gasteiger partial charge in [-0.05, 0) is 80.8 Å². The molecule has 0 bridgehead atoms. The van der Waals surface area contributed by atoms with E-state index in [1.807, 2.05) is 6.92 Å². The smallest absolute Gasteiger partial charge is 0.257 e. The minimum absolute atomic E-state index is 0.209. The lowest BCUT2D eigenvalue weighted by atomic mass is 10.0. The SMILES string of the molecule is Cc1[nH]c(C=C2C(=O)Nc3ccc(F)cc32)c(C)c1C(=O)NCCCCNc1ccc(C(=O)Nc2ccccc2N)cn1. The molecule has 1 aliphatic heterocycles. The number of rotatable bonds is 10. The Morgan fingerprint density at radius 2 is 1.81 bits per heavy atom. The second-order valence-corrected chi connectivity index (χ2v) is 10.2. The Bertz CT molecular complexity index is 1730. The lowest BCUT2D eigenvalue weighted by Gasteiger charge is -2.09. The molecule has 10 nitrogen and oxygen atoms in total. The predicted molar refractivity (Wildman–Crippen MR) is 166 cm³/mol. The molecule has 11 heteroatoms. The van der Waals surface area contributed by atoms with E-state index >= 15 is 0 Å². The van der Waals surface area contributed by atoms with Crippen molar-refractivity contribution in [3.05, 3.63) is 100 Å². The van der Waals surface area contributed by atoms with Gasteiger partial charge >= 0.3 is 0 Å². The van der Waals surface area contributed by atoms with Crippen LogP contribution < -0.4 is 27.0 Å². The number of aromatic amines is 1. The van der Waals surface area contributed by atoms with Crippen LogP contribution in [0.3, 0.4) is 0 Å². The zero-order valence-electron chi connectivity index (χ0n) is 23.8. The first-order chi connectivity index (χ1) is 20.7. The number of carbonyl (C=O) groups excluding carboxylic acids is 3. The maximum absolute atomic E-state index is 13.8. The molecule has 2 aromatic heterocycles. The summed E-state index contributed by atoms with van der Waals surface area (Å²) in [4.78, 5) is 45.4. The minimum Gasteiger partial charge on any atom is -0.397 e. The summed E-state index contributed by atoms with van der Waals surface area (Å²) < 4.78 is 13.8. The van der Waals surface area contributed by atoms with Crippen LogP contribution in [-0.4, -0.2) is 40.8 Å². The van der Waals surface area contributed by atoms with Gasteiger partial charge in [-0.1, -0.05) is 12.1 Å². The summed E-state index contributed by atoms with van der Waals surface area (Å²) in [6, 6.07) is 14.6. The van der Waals surface area contributed by atoms with Gasteiger partial charge in [0, 0.05) is 41.9 Å². The van der Waals surface area contributed by atoms with Crippen LogP contribution in [0.5, 0.6) is 0 Å². The van der Waals surface area contributed by atoms with Gasteiger partial charge in [-0.3, -0.25) is 14.4 Å². The Morgan fingerprint density at radius 1 is 1.02 bits per heavy atom. The van der Waals surface area contributed by atoms with Crippen LogP contribution in [0.2, 0.25) is 0 Å². The topological polar surface area (TPSA) is 154 Å². The van der Waals surface area contributed by atoms with E-state index in [1.165, 1.54) is 24.4 Å². The highest BCUT2D eigenvalue weighted by Crippen LogP contribution is 2.34. The zero-order chi connectivity index (χ0) is 30.5. The zero-order valence-corrected chi connectivity index (χ0v) is 23.8. The fourth-order valence-corrected chi connectivity index (χ4v) is 4.90. The molecule has 2 aromatic carbocycles. The largest absolute Gasteiger partial charge is 0.397 e. The van der Waals surface area contributed by atoms with E-state index in [1.54, 1.807) is 49.4 Å². The number of unbranched alkanes of at least 4 members (excludes halogenated alkanes) is 1. The number of H-pyrrole nitrogens is 1. The number of aryl methyl sites for hydroxylation is 1. The number of halogens is 1. The number of amides is 3. The number of nitrogen functional groups attached to an aromatic ring is 1. The fourth-order valence-electron chi connectivity index (χ4n) is 4.90. The number of benzene rings is 2. The van der Waals surface area contributed by atoms with Gasteiger partial charge in [-0.25, -0.2) is 9.37 Å². The van der Waals surface area contributed by atoms with Gasteiger partial charge in [0.05, 0.1) is 28.1 Å². The van der Waals surface area contributed by atoms with Crippen molar-refractivity contribution in [1.82, 2.24) is 15.3 Å². The molecule has 0 radical (unpaired) electrons. The van der Waals surface area contributed by atoms with Crippen LogP contribution in [0.1, 0.15) is 56.1 Å². The third-order valence-electron chi connectivity index (χ3n) is 7.19. The van der Waals surface area contributed by atoms with Crippen LogP contribution in [0.15, 0.2) is 60.8 Å². The van der Waals surface area contributed by atoms with Crippen molar-refractivity contribution in [2.75, 3.05) is 34.8 Å². The number of hydrogen-bond donors (Lipinski definition) is 6. The highest BCUT2D eigenvalue weighted by molar-refractivity contribution is 6.35. The number of nitrogens with zero attached hydrogens (tertiary/aromatic N) is 1. The van der Waals surface area contributed by atoms with Crippen LogP contribution in [0.25, 0.3) is 11.6 Å². The summed E-state index contributed by atoms with van der Waals surface area (Å²) >= 11 is 0. The number of anilines is 4. The molecule has 7 N–H and O–H groups in total. The molecule has 0 aliphatic carbocycles. The summed E-state index contributed by atoms with van der Waals surface area (Å²) in [5.74, 6) is -0.619. The van der Waals surface area contributed by atoms with E-state index in [0.29, 0.717) is 75.2 Å². The number of carbonyl (C=O) groups is 3. The molecule has 0 spiro atoms. The van der Waals surface area contributed by atoms with Crippen molar-refractivity contribution in [2.45, 2.75) is 26.7 Å². The van der Waals surface area contributed by atoms with Crippen molar-refractivity contribution in [1.29, 1.82) is 0 Å². The molecule has 220 valence electrons. The lowest BCUT2D eigenvalue weighted by molar-refractivity contribution is -0.110. The van der Waals surface area contributed by atoms with Crippen LogP contribution in [0.4, 0.5) is 27.3 Å². The van der Waals surface area contributed by atoms with E-state index in [2.05, 4.69) is 31.2 Å². The highest BCUT2D eigenvalue weighted by atomic mass is 19.1. The molecule has 0 fully saturated rings. The van der Waals surface area contributed by atoms with Crippen LogP contribution in [0, 0.1) is 19.7 Å². The molecule has 43 heavy (non-hydrogen) atoms. The molecule has 3 heterocycles. The van der Waals surface area contributed by atoms with Crippen LogP contribution in [-0.2, 0) is 4.79 Å². The summed E-state index contributed by atoms with van der Waals surface area (Å²) in [5.41, 5.74) is 11.2. The standard InChI is InChI=1S/C32H32FN7O3/c1-18-27(16-23-22-15-21(33)10-11-25(22)39-31(23)42)38-19(2)29(18)32(43)36-14-6-5-13-35-28-12-9-20(17-37-28)30(41)40-26-8-4-3-7-24(26)34/h3-4,7-12,15-17,38H,5-6,13-14,34H2,1-2H3,(H,35,37)(H,36,43)(H,39,42)(H,40,41). The fraction of sp³-hybridized carbons (Fsp3) is 0.188. The predicted octanol–water partition coefficient (Wildman–Crippen LogP) is 5.11. The minimum atomic E-state index is -0.431. The van der Waals surface area contributed by atoms with Crippen molar-refractivity contribution in [2.24, 2.45) is 0 Å². The Labute approximate surface area is 248 Å². The van der Waals surface area contributed by atoms with Gasteiger partial charge in [0.15, 0.2) is 0 Å². The van der Waals surface area contributed by atoms with Gasteiger partial charge < -0.3 is 32.0 Å². The number of hydrogen-bond acceptors (Lipinski definition) is 6. The van der Waals surface area contributed by atoms with Crippen molar-refractivity contribution >= 4 is 52.3 Å². The number of aromatic nitrogens is 2. The Balaban J connectivity index is 1.09. The normalized spacial score (nSPS) is 13.0. The molecule has 5 rings (SSSR count). The average molecular weight is 582 g/mol. The molecule has 0 unspecified atom stereocenters. The Hall–Kier alpha value is -5.45. The number of nitrogens with two attached hydrogens (primary N) is 1. The average Bonchev–Trinajstić information content (AvgIpc) is 3.45. The number of para-hydroxylation sites is 2. The van der Waals surface area contributed by atoms with Gasteiger partial charge in [-0.2, -0.15) is 0 Å². The Morgan fingerprint density at radius 3 is 2.58 bits per heavy atom. The second kappa shape index (κ2) is 12.6. The quantitative estimate of drug-likeness (QED) is 0.0869. The van der Waals surface area contributed by atoms with Crippen molar-refractivity contribution < 1.29 is 18.8 Å². The van der Waals surface area contributed by atoms with Gasteiger partial charge in [0.25, 0.3) is 17.7 Å².